The number of amides is 2. The molecule has 2 aromatic carbocycles. The van der Waals surface area contributed by atoms with Crippen LogP contribution in [0.3, 0.4) is 0 Å². The number of nitrogens with two attached hydrogens (primary N) is 1. The van der Waals surface area contributed by atoms with Gasteiger partial charge in [0.05, 0.1) is 23.8 Å². The van der Waals surface area contributed by atoms with Crippen molar-refractivity contribution in [3.63, 3.8) is 0 Å². The van der Waals surface area contributed by atoms with E-state index in [0.717, 1.165) is 18.1 Å². The zero-order valence-electron chi connectivity index (χ0n) is 18.2. The van der Waals surface area contributed by atoms with Crippen LogP contribution in [-0.2, 0) is 10.9 Å². The lowest BCUT2D eigenvalue weighted by atomic mass is 9.76. The number of urea groups is 1. The molecule has 1 fully saturated rings. The second-order valence-corrected chi connectivity index (χ2v) is 8.53. The molecule has 0 spiro atoms. The first-order valence-electron chi connectivity index (χ1n) is 11.3. The van der Waals surface area contributed by atoms with Crippen LogP contribution in [0.4, 0.5) is 23.7 Å². The van der Waals surface area contributed by atoms with E-state index < -0.39 is 17.8 Å². The predicted octanol–water partition coefficient (Wildman–Crippen LogP) is 4.36. The van der Waals surface area contributed by atoms with E-state index in [9.17, 15) is 18.0 Å². The third-order valence-electron chi connectivity index (χ3n) is 6.29. The van der Waals surface area contributed by atoms with Crippen molar-refractivity contribution < 1.29 is 22.7 Å². The average Bonchev–Trinajstić information content (AvgIpc) is 2.82. The van der Waals surface area contributed by atoms with E-state index in [0.29, 0.717) is 37.2 Å². The minimum absolute atomic E-state index is 0.0296. The van der Waals surface area contributed by atoms with Gasteiger partial charge in [-0.2, -0.15) is 13.2 Å². The fourth-order valence-corrected chi connectivity index (χ4v) is 4.65. The normalized spacial score (nSPS) is 24.2. The zero-order chi connectivity index (χ0) is 23.4. The van der Waals surface area contributed by atoms with Gasteiger partial charge in [-0.05, 0) is 49.6 Å². The minimum Gasteiger partial charge on any atom is -0.378 e. The number of anilines is 1. The largest absolute Gasteiger partial charge is 0.416 e. The van der Waals surface area contributed by atoms with Gasteiger partial charge in [0, 0.05) is 30.3 Å². The van der Waals surface area contributed by atoms with Crippen LogP contribution in [0.2, 0.25) is 0 Å². The van der Waals surface area contributed by atoms with Gasteiger partial charge in [-0.25, -0.2) is 4.79 Å². The molecule has 5 N–H and O–H groups in total. The molecule has 2 aromatic rings. The van der Waals surface area contributed by atoms with E-state index in [2.05, 4.69) is 16.0 Å². The molecular formula is C24H29F3N4O2. The number of halogens is 3. The van der Waals surface area contributed by atoms with Crippen LogP contribution >= 0.6 is 0 Å². The van der Waals surface area contributed by atoms with Crippen LogP contribution in [0.15, 0.2) is 48.5 Å². The molecule has 2 aliphatic heterocycles. The Balaban J connectivity index is 1.55. The standard InChI is InChI=1S/C24H29F3N4O2/c25-24(26,27)16-7-10-20-19(13-16)22-18(21(31-20)15-5-2-1-3-6-15)9-8-17(33-22)14-30-23(32)29-12-4-11-28/h1-3,5-7,10,13,17-18,21-22,31H,4,8-9,11-12,14,28H2,(H2,29,30,32)/t17-,18+,21+,22+/m1/s1. The molecule has 4 atom stereocenters. The highest BCUT2D eigenvalue weighted by molar-refractivity contribution is 5.73. The van der Waals surface area contributed by atoms with Crippen LogP contribution in [0.5, 0.6) is 0 Å². The summed E-state index contributed by atoms with van der Waals surface area (Å²) in [7, 11) is 0. The maximum atomic E-state index is 13.4. The van der Waals surface area contributed by atoms with Crippen molar-refractivity contribution in [1.82, 2.24) is 10.6 Å². The number of benzene rings is 2. The molecule has 0 bridgehead atoms. The third kappa shape index (κ3) is 5.42. The Labute approximate surface area is 191 Å². The highest BCUT2D eigenvalue weighted by Gasteiger charge is 2.43. The van der Waals surface area contributed by atoms with Crippen LogP contribution in [0.1, 0.15) is 48.1 Å². The van der Waals surface area contributed by atoms with E-state index >= 15 is 0 Å². The highest BCUT2D eigenvalue weighted by Crippen LogP contribution is 2.51. The molecule has 2 aliphatic rings. The van der Waals surface area contributed by atoms with Crippen LogP contribution in [0.25, 0.3) is 0 Å². The molecule has 33 heavy (non-hydrogen) atoms. The van der Waals surface area contributed by atoms with E-state index in [4.69, 9.17) is 10.5 Å². The molecule has 0 aromatic heterocycles. The molecule has 178 valence electrons. The monoisotopic (exact) mass is 462 g/mol. The number of nitrogens with one attached hydrogen (secondary N) is 3. The predicted molar refractivity (Wildman–Crippen MR) is 120 cm³/mol. The summed E-state index contributed by atoms with van der Waals surface area (Å²) < 4.78 is 46.6. The molecule has 0 radical (unpaired) electrons. The van der Waals surface area contributed by atoms with Gasteiger partial charge in [0.2, 0.25) is 0 Å². The van der Waals surface area contributed by atoms with Crippen LogP contribution < -0.4 is 21.7 Å². The summed E-state index contributed by atoms with van der Waals surface area (Å²) >= 11 is 0. The Kier molecular flexibility index (Phi) is 7.09. The average molecular weight is 463 g/mol. The van der Waals surface area contributed by atoms with Crippen molar-refractivity contribution in [2.75, 3.05) is 25.0 Å². The molecule has 0 aliphatic carbocycles. The summed E-state index contributed by atoms with van der Waals surface area (Å²) in [5.74, 6) is -0.0296. The summed E-state index contributed by atoms with van der Waals surface area (Å²) in [6.45, 7) is 1.26. The van der Waals surface area contributed by atoms with Crippen molar-refractivity contribution >= 4 is 11.7 Å². The molecule has 0 saturated carbocycles. The van der Waals surface area contributed by atoms with Crippen LogP contribution in [-0.4, -0.2) is 31.8 Å². The molecule has 4 rings (SSSR count). The molecule has 6 nitrogen and oxygen atoms in total. The van der Waals surface area contributed by atoms with E-state index in [1.807, 2.05) is 30.3 Å². The van der Waals surface area contributed by atoms with Crippen molar-refractivity contribution in [3.8, 4) is 0 Å². The van der Waals surface area contributed by atoms with Gasteiger partial charge in [-0.1, -0.05) is 30.3 Å². The summed E-state index contributed by atoms with van der Waals surface area (Å²) in [5.41, 5.74) is 6.96. The van der Waals surface area contributed by atoms with Gasteiger partial charge in [-0.15, -0.1) is 0 Å². The number of carbonyl (C=O) groups is 1. The van der Waals surface area contributed by atoms with Crippen molar-refractivity contribution in [3.05, 3.63) is 65.2 Å². The molecular weight excluding hydrogens is 433 g/mol. The topological polar surface area (TPSA) is 88.4 Å². The lowest BCUT2D eigenvalue weighted by molar-refractivity contribution is -0.138. The van der Waals surface area contributed by atoms with E-state index in [-0.39, 0.29) is 30.6 Å². The van der Waals surface area contributed by atoms with Gasteiger partial charge in [0.25, 0.3) is 0 Å². The van der Waals surface area contributed by atoms with E-state index in [1.165, 1.54) is 12.1 Å². The SMILES string of the molecule is NCCCNC(=O)NC[C@H]1CC[C@@H]2[C@H](O1)c1cc(C(F)(F)F)ccc1N[C@H]2c1ccccc1. The molecule has 1 saturated heterocycles. The van der Waals surface area contributed by atoms with Gasteiger partial charge in [0.1, 0.15) is 0 Å². The van der Waals surface area contributed by atoms with Crippen molar-refractivity contribution in [1.29, 1.82) is 0 Å². The Morgan fingerprint density at radius 2 is 1.91 bits per heavy atom. The number of hydrogen-bond acceptors (Lipinski definition) is 4. The summed E-state index contributed by atoms with van der Waals surface area (Å²) in [4.78, 5) is 12.0. The highest BCUT2D eigenvalue weighted by atomic mass is 19.4. The number of rotatable bonds is 6. The third-order valence-corrected chi connectivity index (χ3v) is 6.29. The number of hydrogen-bond donors (Lipinski definition) is 4. The smallest absolute Gasteiger partial charge is 0.378 e. The first-order chi connectivity index (χ1) is 15.9. The van der Waals surface area contributed by atoms with E-state index in [1.54, 1.807) is 0 Å². The number of fused-ring (bicyclic) bond motifs is 3. The lowest BCUT2D eigenvalue weighted by Gasteiger charge is -2.46. The van der Waals surface area contributed by atoms with Crippen molar-refractivity contribution in [2.24, 2.45) is 11.7 Å². The Morgan fingerprint density at radius 1 is 1.12 bits per heavy atom. The quantitative estimate of drug-likeness (QED) is 0.481. The first kappa shape index (κ1) is 23.4. The second-order valence-electron chi connectivity index (χ2n) is 8.53. The van der Waals surface area contributed by atoms with Gasteiger partial charge in [-0.3, -0.25) is 0 Å². The summed E-state index contributed by atoms with van der Waals surface area (Å²) in [6, 6.07) is 13.3. The van der Waals surface area contributed by atoms with Crippen molar-refractivity contribution in [2.45, 2.75) is 43.7 Å². The minimum atomic E-state index is -4.43. The Bertz CT molecular complexity index is 954. The lowest BCUT2D eigenvalue weighted by Crippen LogP contribution is -2.45. The maximum Gasteiger partial charge on any atom is 0.416 e. The molecule has 0 unspecified atom stereocenters. The van der Waals surface area contributed by atoms with Crippen LogP contribution in [0, 0.1) is 5.92 Å². The summed E-state index contributed by atoms with van der Waals surface area (Å²) in [5, 5.41) is 8.97. The number of alkyl halides is 3. The molecule has 2 amide bonds. The van der Waals surface area contributed by atoms with Gasteiger partial charge < -0.3 is 26.4 Å². The number of ether oxygens (including phenoxy) is 1. The second kappa shape index (κ2) is 10.0. The Morgan fingerprint density at radius 3 is 2.64 bits per heavy atom. The fourth-order valence-electron chi connectivity index (χ4n) is 4.65. The number of carbonyl (C=O) groups excluding carboxylic acids is 1. The zero-order valence-corrected chi connectivity index (χ0v) is 18.2. The summed E-state index contributed by atoms with van der Waals surface area (Å²) in [6.07, 6.45) is -3.09. The maximum absolute atomic E-state index is 13.4. The van der Waals surface area contributed by atoms with Gasteiger partial charge in [0.15, 0.2) is 0 Å². The van der Waals surface area contributed by atoms with Gasteiger partial charge >= 0.3 is 12.2 Å². The fraction of sp³-hybridized carbons (Fsp3) is 0.458. The molecule has 9 heteroatoms. The molecule has 2 heterocycles. The first-order valence-corrected chi connectivity index (χ1v) is 11.3. The Hall–Kier alpha value is -2.78.